The lowest BCUT2D eigenvalue weighted by Crippen LogP contribution is -2.40. The lowest BCUT2D eigenvalue weighted by molar-refractivity contribution is 0.0669. The minimum atomic E-state index is -0.250. The van der Waals surface area contributed by atoms with Gasteiger partial charge in [0.15, 0.2) is 0 Å². The van der Waals surface area contributed by atoms with E-state index in [1.165, 1.54) is 19.2 Å². The van der Waals surface area contributed by atoms with Gasteiger partial charge in [0.1, 0.15) is 5.69 Å². The topological polar surface area (TPSA) is 55.2 Å². The summed E-state index contributed by atoms with van der Waals surface area (Å²) in [5.41, 5.74) is 2.09. The molecule has 0 aliphatic carbocycles. The van der Waals surface area contributed by atoms with Crippen molar-refractivity contribution in [1.29, 1.82) is 0 Å². The van der Waals surface area contributed by atoms with Crippen LogP contribution in [0, 0.1) is 0 Å². The first kappa shape index (κ1) is 16.0. The number of halogens is 2. The Morgan fingerprint density at radius 1 is 1.26 bits per heavy atom. The minimum Gasteiger partial charge on any atom is -0.330 e. The molecule has 2 heterocycles. The van der Waals surface area contributed by atoms with Crippen LogP contribution in [0.5, 0.6) is 0 Å². The number of hydrogen-bond acceptors (Lipinski definition) is 3. The van der Waals surface area contributed by atoms with Crippen molar-refractivity contribution in [3.8, 4) is 0 Å². The molecule has 7 heteroatoms. The summed E-state index contributed by atoms with van der Waals surface area (Å²) in [4.78, 5) is 25.9. The zero-order chi connectivity index (χ0) is 16.7. The van der Waals surface area contributed by atoms with Gasteiger partial charge in [0.05, 0.1) is 16.1 Å². The molecule has 5 nitrogen and oxygen atoms in total. The summed E-state index contributed by atoms with van der Waals surface area (Å²) < 4.78 is 1.16. The Labute approximate surface area is 143 Å². The maximum absolute atomic E-state index is 12.7. The van der Waals surface area contributed by atoms with Crippen molar-refractivity contribution in [2.45, 2.75) is 19.4 Å². The zero-order valence-electron chi connectivity index (χ0n) is 12.7. The summed E-state index contributed by atoms with van der Waals surface area (Å²) in [5, 5.41) is 5.04. The second kappa shape index (κ2) is 5.98. The van der Waals surface area contributed by atoms with Gasteiger partial charge in [-0.3, -0.25) is 9.59 Å². The molecule has 1 aromatic heterocycles. The third kappa shape index (κ3) is 2.86. The molecule has 23 heavy (non-hydrogen) atoms. The van der Waals surface area contributed by atoms with Crippen LogP contribution < -0.4 is 5.56 Å². The van der Waals surface area contributed by atoms with E-state index in [4.69, 9.17) is 23.2 Å². The Kier molecular flexibility index (Phi) is 4.17. The third-order valence-electron chi connectivity index (χ3n) is 4.16. The Morgan fingerprint density at radius 2 is 1.96 bits per heavy atom. The summed E-state index contributed by atoms with van der Waals surface area (Å²) >= 11 is 12.2. The van der Waals surface area contributed by atoms with E-state index < -0.39 is 0 Å². The van der Waals surface area contributed by atoms with Crippen LogP contribution in [-0.2, 0) is 13.5 Å². The molecular formula is C16H15Cl2N3O2. The number of hydrogen-bond donors (Lipinski definition) is 0. The third-order valence-corrected chi connectivity index (χ3v) is 4.88. The molecule has 1 aromatic carbocycles. The first-order chi connectivity index (χ1) is 10.9. The highest BCUT2D eigenvalue weighted by Crippen LogP contribution is 2.35. The van der Waals surface area contributed by atoms with Crippen molar-refractivity contribution in [3.63, 3.8) is 0 Å². The molecule has 1 aliphatic rings. The van der Waals surface area contributed by atoms with Gasteiger partial charge in [-0.1, -0.05) is 23.2 Å². The van der Waals surface area contributed by atoms with E-state index in [-0.39, 0.29) is 23.2 Å². The van der Waals surface area contributed by atoms with Crippen LogP contribution in [0.1, 0.15) is 34.6 Å². The smallest absolute Gasteiger partial charge is 0.274 e. The summed E-state index contributed by atoms with van der Waals surface area (Å²) in [7, 11) is 1.52. The van der Waals surface area contributed by atoms with Crippen LogP contribution >= 0.6 is 23.2 Å². The Balaban J connectivity index is 1.95. The van der Waals surface area contributed by atoms with Gasteiger partial charge in [-0.2, -0.15) is 5.10 Å². The second-order valence-electron chi connectivity index (χ2n) is 5.57. The Hall–Kier alpha value is -1.85. The highest BCUT2D eigenvalue weighted by molar-refractivity contribution is 6.42. The highest BCUT2D eigenvalue weighted by atomic mass is 35.5. The van der Waals surface area contributed by atoms with Crippen molar-refractivity contribution in [1.82, 2.24) is 14.7 Å². The van der Waals surface area contributed by atoms with Gasteiger partial charge < -0.3 is 4.90 Å². The van der Waals surface area contributed by atoms with Crippen molar-refractivity contribution < 1.29 is 4.79 Å². The lowest BCUT2D eigenvalue weighted by atomic mass is 9.93. The van der Waals surface area contributed by atoms with Crippen LogP contribution in [0.4, 0.5) is 0 Å². The molecular weight excluding hydrogens is 337 g/mol. The average molecular weight is 352 g/mol. The molecule has 1 aliphatic heterocycles. The quantitative estimate of drug-likeness (QED) is 0.793. The molecule has 1 unspecified atom stereocenters. The van der Waals surface area contributed by atoms with Gasteiger partial charge in [0.2, 0.25) is 0 Å². The van der Waals surface area contributed by atoms with Crippen molar-refractivity contribution >= 4 is 29.1 Å². The largest absolute Gasteiger partial charge is 0.330 e. The summed E-state index contributed by atoms with van der Waals surface area (Å²) in [6.07, 6.45) is 0.702. The van der Waals surface area contributed by atoms with E-state index in [1.54, 1.807) is 4.90 Å². The molecule has 1 amide bonds. The Bertz CT molecular complexity index is 848. The minimum absolute atomic E-state index is 0.139. The van der Waals surface area contributed by atoms with E-state index in [0.717, 1.165) is 15.8 Å². The molecule has 0 saturated heterocycles. The number of carbonyl (C=O) groups excluding carboxylic acids is 1. The Morgan fingerprint density at radius 3 is 2.65 bits per heavy atom. The summed E-state index contributed by atoms with van der Waals surface area (Å²) in [5.74, 6) is -0.204. The fourth-order valence-corrected chi connectivity index (χ4v) is 3.21. The van der Waals surface area contributed by atoms with Gasteiger partial charge in [-0.05, 0) is 42.7 Å². The van der Waals surface area contributed by atoms with E-state index in [9.17, 15) is 9.59 Å². The number of benzene rings is 1. The normalized spacial score (nSPS) is 17.0. The average Bonchev–Trinajstić information content (AvgIpc) is 2.52. The molecule has 0 spiro atoms. The molecule has 0 fully saturated rings. The second-order valence-corrected chi connectivity index (χ2v) is 6.38. The van der Waals surface area contributed by atoms with Gasteiger partial charge in [-0.25, -0.2) is 4.68 Å². The summed E-state index contributed by atoms with van der Waals surface area (Å²) in [6, 6.07) is 6.35. The SMILES string of the molecule is CC1c2cc(Cl)c(Cl)cc2CCN1C(=O)c1ccc(=O)n(C)n1. The van der Waals surface area contributed by atoms with E-state index >= 15 is 0 Å². The molecule has 0 bridgehead atoms. The maximum atomic E-state index is 12.7. The predicted octanol–water partition coefficient (Wildman–Crippen LogP) is 2.85. The fourth-order valence-electron chi connectivity index (χ4n) is 2.85. The van der Waals surface area contributed by atoms with Crippen molar-refractivity contribution in [3.05, 3.63) is 61.5 Å². The number of fused-ring (bicyclic) bond motifs is 1. The van der Waals surface area contributed by atoms with Gasteiger partial charge in [0.25, 0.3) is 11.5 Å². The van der Waals surface area contributed by atoms with Crippen LogP contribution in [-0.4, -0.2) is 27.1 Å². The first-order valence-corrected chi connectivity index (χ1v) is 7.97. The molecule has 0 saturated carbocycles. The predicted molar refractivity (Wildman–Crippen MR) is 89.1 cm³/mol. The molecule has 120 valence electrons. The molecule has 2 aromatic rings. The van der Waals surface area contributed by atoms with Crippen LogP contribution in [0.2, 0.25) is 10.0 Å². The lowest BCUT2D eigenvalue weighted by Gasteiger charge is -2.35. The van der Waals surface area contributed by atoms with Crippen LogP contribution in [0.15, 0.2) is 29.1 Å². The van der Waals surface area contributed by atoms with Crippen LogP contribution in [0.3, 0.4) is 0 Å². The number of amides is 1. The van der Waals surface area contributed by atoms with Crippen LogP contribution in [0.25, 0.3) is 0 Å². The molecule has 0 N–H and O–H groups in total. The number of rotatable bonds is 1. The monoisotopic (exact) mass is 351 g/mol. The maximum Gasteiger partial charge on any atom is 0.274 e. The first-order valence-electron chi connectivity index (χ1n) is 7.21. The van der Waals surface area contributed by atoms with E-state index in [1.807, 2.05) is 19.1 Å². The van der Waals surface area contributed by atoms with Gasteiger partial charge in [0, 0.05) is 19.7 Å². The van der Waals surface area contributed by atoms with E-state index in [2.05, 4.69) is 5.10 Å². The fraction of sp³-hybridized carbons (Fsp3) is 0.312. The number of nitrogens with zero attached hydrogens (tertiary/aromatic N) is 3. The highest BCUT2D eigenvalue weighted by Gasteiger charge is 2.29. The molecule has 1 atom stereocenters. The molecule has 3 rings (SSSR count). The number of carbonyl (C=O) groups is 1. The van der Waals surface area contributed by atoms with Crippen molar-refractivity contribution in [2.24, 2.45) is 7.05 Å². The number of aromatic nitrogens is 2. The molecule has 0 radical (unpaired) electrons. The zero-order valence-corrected chi connectivity index (χ0v) is 14.2. The van der Waals surface area contributed by atoms with E-state index in [0.29, 0.717) is 23.0 Å². The van der Waals surface area contributed by atoms with Crippen molar-refractivity contribution in [2.75, 3.05) is 6.54 Å². The van der Waals surface area contributed by atoms with Gasteiger partial charge >= 0.3 is 0 Å². The van der Waals surface area contributed by atoms with Gasteiger partial charge in [-0.15, -0.1) is 0 Å². The summed E-state index contributed by atoms with van der Waals surface area (Å²) in [6.45, 7) is 2.51. The number of aryl methyl sites for hydroxylation is 1. The standard InChI is InChI=1S/C16H15Cl2N3O2/c1-9-11-8-13(18)12(17)7-10(11)5-6-21(9)16(23)14-3-4-15(22)20(2)19-14/h3-4,7-9H,5-6H2,1-2H3.